The predicted octanol–water partition coefficient (Wildman–Crippen LogP) is 3.72. The fourth-order valence-corrected chi connectivity index (χ4v) is 4.48. The summed E-state index contributed by atoms with van der Waals surface area (Å²) in [5.74, 6) is 0.323. The minimum atomic E-state index is -0.304. The summed E-state index contributed by atoms with van der Waals surface area (Å²) < 4.78 is 1.57. The van der Waals surface area contributed by atoms with E-state index in [4.69, 9.17) is 0 Å². The first-order chi connectivity index (χ1) is 15.4. The fraction of sp³-hybridized carbons (Fsp3) is 0.364. The van der Waals surface area contributed by atoms with Gasteiger partial charge in [-0.15, -0.1) is 0 Å². The molecular formula is C22H26N6O3S. The highest BCUT2D eigenvalue weighted by Crippen LogP contribution is 2.29. The molecule has 0 bridgehead atoms. The number of thiazole rings is 1. The Morgan fingerprint density at radius 1 is 1.22 bits per heavy atom. The zero-order chi connectivity index (χ0) is 22.7. The van der Waals surface area contributed by atoms with Crippen molar-refractivity contribution >= 4 is 39.8 Å². The third-order valence-corrected chi connectivity index (χ3v) is 6.43. The zero-order valence-electron chi connectivity index (χ0n) is 18.0. The minimum absolute atomic E-state index is 0.0442. The fourth-order valence-electron chi connectivity index (χ4n) is 3.76. The number of amides is 2. The number of aromatic hydroxyl groups is 1. The maximum absolute atomic E-state index is 12.6. The quantitative estimate of drug-likeness (QED) is 0.432. The summed E-state index contributed by atoms with van der Waals surface area (Å²) in [5, 5.41) is 23.7. The number of phenols is 1. The van der Waals surface area contributed by atoms with Crippen LogP contribution in [0.25, 0.3) is 0 Å². The molecule has 1 aromatic carbocycles. The summed E-state index contributed by atoms with van der Waals surface area (Å²) >= 11 is 1.19. The molecule has 4 rings (SSSR count). The van der Waals surface area contributed by atoms with E-state index in [1.54, 1.807) is 36.0 Å². The van der Waals surface area contributed by atoms with Crippen molar-refractivity contribution in [1.82, 2.24) is 20.1 Å². The normalized spacial score (nSPS) is 13.8. The van der Waals surface area contributed by atoms with E-state index in [-0.39, 0.29) is 30.2 Å². The first-order valence-electron chi connectivity index (χ1n) is 10.6. The number of rotatable bonds is 7. The van der Waals surface area contributed by atoms with Gasteiger partial charge in [-0.2, -0.15) is 5.10 Å². The maximum atomic E-state index is 12.6. The van der Waals surface area contributed by atoms with Crippen LogP contribution in [-0.2, 0) is 11.3 Å². The van der Waals surface area contributed by atoms with Gasteiger partial charge in [0, 0.05) is 23.9 Å². The van der Waals surface area contributed by atoms with Gasteiger partial charge in [0.2, 0.25) is 5.91 Å². The molecule has 0 radical (unpaired) electrons. The van der Waals surface area contributed by atoms with Crippen LogP contribution in [0.5, 0.6) is 5.75 Å². The van der Waals surface area contributed by atoms with Crippen LogP contribution in [0.1, 0.15) is 46.5 Å². The summed E-state index contributed by atoms with van der Waals surface area (Å²) in [7, 11) is 0. The molecule has 0 atom stereocenters. The van der Waals surface area contributed by atoms with Crippen LogP contribution < -0.4 is 16.0 Å². The number of carbonyl (C=O) groups is 2. The number of nitrogens with zero attached hydrogens (tertiary/aromatic N) is 3. The summed E-state index contributed by atoms with van der Waals surface area (Å²) in [5.41, 5.74) is 2.07. The van der Waals surface area contributed by atoms with Crippen LogP contribution in [0.2, 0.25) is 0 Å². The molecule has 168 valence electrons. The molecule has 0 spiro atoms. The third-order valence-electron chi connectivity index (χ3n) is 5.51. The Bertz CT molecular complexity index is 1130. The largest absolute Gasteiger partial charge is 0.508 e. The predicted molar refractivity (Wildman–Crippen MR) is 124 cm³/mol. The molecule has 2 heterocycles. The second kappa shape index (κ2) is 9.39. The molecule has 32 heavy (non-hydrogen) atoms. The van der Waals surface area contributed by atoms with Gasteiger partial charge in [0.15, 0.2) is 10.9 Å². The van der Waals surface area contributed by atoms with Crippen molar-refractivity contribution in [1.29, 1.82) is 0 Å². The molecule has 10 heteroatoms. The number of anilines is 3. The number of benzene rings is 1. The number of aryl methyl sites for hydroxylation is 1. The standard InChI is InChI=1S/C22H26N6O3S/c1-13-7-8-16(29)14(2)20(13)26-21(31)17-11-23-22(32-17)25-18-9-10-28(27-18)12-19(30)24-15-5-3-4-6-15/h7-11,15,29H,3-6,12H2,1-2H3,(H,24,30)(H,26,31)(H,23,25,27). The van der Waals surface area contributed by atoms with Gasteiger partial charge in [0.25, 0.3) is 5.91 Å². The molecule has 0 saturated heterocycles. The molecule has 0 aliphatic heterocycles. The van der Waals surface area contributed by atoms with Gasteiger partial charge in [-0.25, -0.2) is 4.98 Å². The smallest absolute Gasteiger partial charge is 0.267 e. The van der Waals surface area contributed by atoms with E-state index < -0.39 is 0 Å². The van der Waals surface area contributed by atoms with Crippen LogP contribution in [0.4, 0.5) is 16.6 Å². The Morgan fingerprint density at radius 3 is 2.78 bits per heavy atom. The molecule has 1 saturated carbocycles. The van der Waals surface area contributed by atoms with Crippen molar-refractivity contribution < 1.29 is 14.7 Å². The number of nitrogens with one attached hydrogen (secondary N) is 3. The van der Waals surface area contributed by atoms with Crippen LogP contribution in [0, 0.1) is 13.8 Å². The maximum Gasteiger partial charge on any atom is 0.267 e. The molecule has 4 N–H and O–H groups in total. The number of aromatic nitrogens is 3. The highest BCUT2D eigenvalue weighted by atomic mass is 32.1. The Morgan fingerprint density at radius 2 is 2.00 bits per heavy atom. The SMILES string of the molecule is Cc1ccc(O)c(C)c1NC(=O)c1cnc(Nc2ccn(CC(=O)NC3CCCC3)n2)s1. The summed E-state index contributed by atoms with van der Waals surface area (Å²) in [6.45, 7) is 3.78. The molecular weight excluding hydrogens is 428 g/mol. The molecule has 1 aliphatic carbocycles. The molecule has 1 fully saturated rings. The van der Waals surface area contributed by atoms with Gasteiger partial charge in [0.1, 0.15) is 17.2 Å². The lowest BCUT2D eigenvalue weighted by atomic mass is 10.1. The number of phenolic OH excluding ortho intramolecular Hbond substituents is 1. The average Bonchev–Trinajstić information content (AvgIpc) is 3.51. The van der Waals surface area contributed by atoms with Crippen LogP contribution >= 0.6 is 11.3 Å². The number of hydrogen-bond acceptors (Lipinski definition) is 7. The van der Waals surface area contributed by atoms with Crippen molar-refractivity contribution in [3.8, 4) is 5.75 Å². The second-order valence-corrected chi connectivity index (χ2v) is 8.99. The van der Waals surface area contributed by atoms with Crippen molar-refractivity contribution in [3.63, 3.8) is 0 Å². The molecule has 0 unspecified atom stereocenters. The van der Waals surface area contributed by atoms with Crippen LogP contribution in [0.15, 0.2) is 30.6 Å². The first kappa shape index (κ1) is 21.8. The zero-order valence-corrected chi connectivity index (χ0v) is 18.8. The Labute approximate surface area is 189 Å². The average molecular weight is 455 g/mol. The summed E-state index contributed by atoms with van der Waals surface area (Å²) in [6.07, 6.45) is 7.64. The molecule has 1 aliphatic rings. The van der Waals surface area contributed by atoms with E-state index >= 15 is 0 Å². The highest BCUT2D eigenvalue weighted by Gasteiger charge is 2.18. The lowest BCUT2D eigenvalue weighted by Crippen LogP contribution is -2.35. The molecule has 3 aromatic rings. The lowest BCUT2D eigenvalue weighted by molar-refractivity contribution is -0.122. The van der Waals surface area contributed by atoms with Gasteiger partial charge in [-0.05, 0) is 38.3 Å². The number of hydrogen-bond donors (Lipinski definition) is 4. The van der Waals surface area contributed by atoms with Crippen molar-refractivity contribution in [2.75, 3.05) is 10.6 Å². The van der Waals surface area contributed by atoms with E-state index in [1.807, 2.05) is 6.92 Å². The van der Waals surface area contributed by atoms with Crippen molar-refractivity contribution in [2.24, 2.45) is 0 Å². The van der Waals surface area contributed by atoms with E-state index in [0.717, 1.165) is 18.4 Å². The Balaban J connectivity index is 1.35. The summed E-state index contributed by atoms with van der Waals surface area (Å²) in [4.78, 5) is 29.5. The molecule has 2 aromatic heterocycles. The minimum Gasteiger partial charge on any atom is -0.508 e. The van der Waals surface area contributed by atoms with E-state index in [1.165, 1.54) is 30.4 Å². The first-order valence-corrected chi connectivity index (χ1v) is 11.4. The van der Waals surface area contributed by atoms with Crippen LogP contribution in [0.3, 0.4) is 0 Å². The van der Waals surface area contributed by atoms with Gasteiger partial charge in [-0.3, -0.25) is 14.3 Å². The molecule has 9 nitrogen and oxygen atoms in total. The van der Waals surface area contributed by atoms with Gasteiger partial charge in [0.05, 0.1) is 11.9 Å². The highest BCUT2D eigenvalue weighted by molar-refractivity contribution is 7.17. The van der Waals surface area contributed by atoms with Crippen molar-refractivity contribution in [2.45, 2.75) is 52.1 Å². The van der Waals surface area contributed by atoms with E-state index in [9.17, 15) is 14.7 Å². The third kappa shape index (κ3) is 5.08. The Kier molecular flexibility index (Phi) is 6.40. The van der Waals surface area contributed by atoms with E-state index in [0.29, 0.717) is 27.1 Å². The Hall–Kier alpha value is -3.40. The van der Waals surface area contributed by atoms with Crippen molar-refractivity contribution in [3.05, 3.63) is 46.6 Å². The number of carbonyl (C=O) groups excluding carboxylic acids is 2. The van der Waals surface area contributed by atoms with E-state index in [2.05, 4.69) is 26.0 Å². The topological polar surface area (TPSA) is 121 Å². The summed E-state index contributed by atoms with van der Waals surface area (Å²) in [6, 6.07) is 5.39. The monoisotopic (exact) mass is 454 g/mol. The van der Waals surface area contributed by atoms with Gasteiger partial charge >= 0.3 is 0 Å². The van der Waals surface area contributed by atoms with Gasteiger partial charge in [-0.1, -0.05) is 30.2 Å². The van der Waals surface area contributed by atoms with Crippen LogP contribution in [-0.4, -0.2) is 37.7 Å². The lowest BCUT2D eigenvalue weighted by Gasteiger charge is -2.11. The van der Waals surface area contributed by atoms with Gasteiger partial charge < -0.3 is 21.1 Å². The molecule has 2 amide bonds. The second-order valence-electron chi connectivity index (χ2n) is 7.96.